The van der Waals surface area contributed by atoms with Crippen molar-refractivity contribution < 1.29 is 23.7 Å². The molecule has 0 aliphatic carbocycles. The second kappa shape index (κ2) is 10.7. The van der Waals surface area contributed by atoms with E-state index in [0.717, 1.165) is 22.0 Å². The van der Waals surface area contributed by atoms with E-state index in [-0.39, 0.29) is 6.10 Å². The van der Waals surface area contributed by atoms with Crippen molar-refractivity contribution in [3.63, 3.8) is 0 Å². The van der Waals surface area contributed by atoms with Crippen LogP contribution in [-0.4, -0.2) is 47.8 Å². The predicted octanol–water partition coefficient (Wildman–Crippen LogP) is 4.52. The fourth-order valence-corrected chi connectivity index (χ4v) is 4.42. The van der Waals surface area contributed by atoms with Crippen LogP contribution in [0.2, 0.25) is 0 Å². The van der Waals surface area contributed by atoms with E-state index in [2.05, 4.69) is 10.3 Å². The first-order chi connectivity index (χ1) is 16.1. The molecular formula is C24H27N3O5S. The van der Waals surface area contributed by atoms with E-state index in [1.54, 1.807) is 38.3 Å². The van der Waals surface area contributed by atoms with E-state index < -0.39 is 11.9 Å². The van der Waals surface area contributed by atoms with Crippen molar-refractivity contribution in [3.8, 4) is 5.75 Å². The lowest BCUT2D eigenvalue weighted by atomic mass is 10.1. The van der Waals surface area contributed by atoms with Gasteiger partial charge < -0.3 is 23.5 Å². The van der Waals surface area contributed by atoms with E-state index in [4.69, 9.17) is 18.9 Å². The van der Waals surface area contributed by atoms with Gasteiger partial charge in [0.1, 0.15) is 5.75 Å². The van der Waals surface area contributed by atoms with Gasteiger partial charge in [-0.15, -0.1) is 11.8 Å². The van der Waals surface area contributed by atoms with Crippen molar-refractivity contribution in [1.29, 1.82) is 0 Å². The number of nitrogens with one attached hydrogen (secondary N) is 1. The molecule has 1 unspecified atom stereocenters. The maximum absolute atomic E-state index is 11.5. The van der Waals surface area contributed by atoms with E-state index in [1.807, 2.05) is 59.3 Å². The third kappa shape index (κ3) is 5.87. The summed E-state index contributed by atoms with van der Waals surface area (Å²) >= 11 is 1.68. The number of hydrogen-bond donors (Lipinski definition) is 1. The molecule has 1 aliphatic heterocycles. The molecule has 4 rings (SSSR count). The second-order valence-electron chi connectivity index (χ2n) is 7.45. The monoisotopic (exact) mass is 469 g/mol. The zero-order chi connectivity index (χ0) is 23.1. The van der Waals surface area contributed by atoms with Gasteiger partial charge >= 0.3 is 6.09 Å². The average molecular weight is 470 g/mol. The Morgan fingerprint density at radius 2 is 2.03 bits per heavy atom. The second-order valence-corrected chi connectivity index (χ2v) is 8.54. The van der Waals surface area contributed by atoms with Crippen LogP contribution in [-0.2, 0) is 26.5 Å². The number of imidazole rings is 1. The molecule has 1 aromatic heterocycles. The predicted molar refractivity (Wildman–Crippen MR) is 126 cm³/mol. The summed E-state index contributed by atoms with van der Waals surface area (Å²) in [6, 6.07) is 15.4. The van der Waals surface area contributed by atoms with Crippen LogP contribution in [0, 0.1) is 0 Å². The summed E-state index contributed by atoms with van der Waals surface area (Å²) in [4.78, 5) is 16.8. The molecule has 33 heavy (non-hydrogen) atoms. The van der Waals surface area contributed by atoms with Gasteiger partial charge in [0.2, 0.25) is 5.79 Å². The molecule has 1 aliphatic rings. The van der Waals surface area contributed by atoms with Crippen molar-refractivity contribution in [2.75, 3.05) is 31.4 Å². The largest absolute Gasteiger partial charge is 0.497 e. The van der Waals surface area contributed by atoms with Crippen LogP contribution in [0.1, 0.15) is 12.5 Å². The van der Waals surface area contributed by atoms with Gasteiger partial charge in [-0.3, -0.25) is 5.32 Å². The molecule has 0 saturated carbocycles. The van der Waals surface area contributed by atoms with Gasteiger partial charge in [-0.1, -0.05) is 0 Å². The topological polar surface area (TPSA) is 83.8 Å². The van der Waals surface area contributed by atoms with Crippen LogP contribution in [0.3, 0.4) is 0 Å². The number of methoxy groups -OCH3 is 1. The summed E-state index contributed by atoms with van der Waals surface area (Å²) in [5, 5.41) is 2.69. The Balaban J connectivity index is 1.40. The first kappa shape index (κ1) is 23.2. The zero-order valence-corrected chi connectivity index (χ0v) is 19.4. The van der Waals surface area contributed by atoms with E-state index in [9.17, 15) is 4.79 Å². The molecule has 1 amide bonds. The van der Waals surface area contributed by atoms with E-state index >= 15 is 0 Å². The van der Waals surface area contributed by atoms with Gasteiger partial charge in [-0.25, -0.2) is 9.78 Å². The molecule has 2 heterocycles. The number of benzene rings is 2. The fourth-order valence-electron chi connectivity index (χ4n) is 3.55. The number of thioether (sulfide) groups is 1. The van der Waals surface area contributed by atoms with Crippen molar-refractivity contribution in [2.24, 2.45) is 0 Å². The van der Waals surface area contributed by atoms with Gasteiger partial charge in [0.15, 0.2) is 0 Å². The van der Waals surface area contributed by atoms with Crippen molar-refractivity contribution in [3.05, 3.63) is 72.8 Å². The van der Waals surface area contributed by atoms with Gasteiger partial charge in [0.05, 0.1) is 39.3 Å². The lowest BCUT2D eigenvalue weighted by Crippen LogP contribution is -2.33. The molecule has 0 spiro atoms. The Morgan fingerprint density at radius 1 is 1.24 bits per heavy atom. The minimum Gasteiger partial charge on any atom is -0.497 e. The van der Waals surface area contributed by atoms with Crippen molar-refractivity contribution in [1.82, 2.24) is 9.55 Å². The van der Waals surface area contributed by atoms with Crippen LogP contribution in [0.15, 0.2) is 72.1 Å². The Labute approximate surface area is 197 Å². The highest BCUT2D eigenvalue weighted by Gasteiger charge is 2.43. The van der Waals surface area contributed by atoms with Crippen LogP contribution in [0.5, 0.6) is 5.75 Å². The minimum absolute atomic E-state index is 0.0852. The number of amides is 1. The number of carbonyl (C=O) groups is 1. The first-order valence-corrected chi connectivity index (χ1v) is 11.7. The third-order valence-corrected chi connectivity index (χ3v) is 6.30. The number of nitrogens with zero attached hydrogens (tertiary/aromatic N) is 2. The third-order valence-electron chi connectivity index (χ3n) is 5.15. The number of carbonyl (C=O) groups excluding carboxylic acids is 1. The summed E-state index contributed by atoms with van der Waals surface area (Å²) in [6.45, 7) is 3.08. The van der Waals surface area contributed by atoms with Gasteiger partial charge in [-0.2, -0.15) is 0 Å². The van der Waals surface area contributed by atoms with E-state index in [0.29, 0.717) is 25.4 Å². The summed E-state index contributed by atoms with van der Waals surface area (Å²) in [6.07, 6.45) is 4.85. The molecule has 3 aromatic rings. The number of ether oxygens (including phenoxy) is 4. The number of anilines is 1. The maximum atomic E-state index is 11.5. The molecule has 0 bridgehead atoms. The number of rotatable bonds is 9. The van der Waals surface area contributed by atoms with Crippen molar-refractivity contribution in [2.45, 2.75) is 30.3 Å². The smallest absolute Gasteiger partial charge is 0.411 e. The quantitative estimate of drug-likeness (QED) is 0.461. The highest BCUT2D eigenvalue weighted by atomic mass is 32.2. The number of aromatic nitrogens is 2. The lowest BCUT2D eigenvalue weighted by Gasteiger charge is -2.29. The van der Waals surface area contributed by atoms with Gasteiger partial charge in [0.25, 0.3) is 0 Å². The summed E-state index contributed by atoms with van der Waals surface area (Å²) in [5.74, 6) is 0.612. The summed E-state index contributed by atoms with van der Waals surface area (Å²) in [7, 11) is 1.64. The standard InChI is InChI=1S/C24H27N3O5S/c1-3-30-23(28)26-19-6-10-22(11-7-19)33-15-21-14-31-24(32-21,16-27-13-12-25-17-27)18-4-8-20(29-2)9-5-18/h4-13,17,21H,3,14-16H2,1-2H3,(H,26,28)/t21?,24-/m0/s1. The molecule has 0 radical (unpaired) electrons. The Morgan fingerprint density at radius 3 is 2.70 bits per heavy atom. The van der Waals surface area contributed by atoms with Crippen LogP contribution in [0.4, 0.5) is 10.5 Å². The normalized spacial score (nSPS) is 19.9. The maximum Gasteiger partial charge on any atom is 0.411 e. The minimum atomic E-state index is -0.897. The van der Waals surface area contributed by atoms with Crippen molar-refractivity contribution >= 4 is 23.5 Å². The van der Waals surface area contributed by atoms with Gasteiger partial charge in [0, 0.05) is 34.3 Å². The number of hydrogen-bond acceptors (Lipinski definition) is 7. The fraction of sp³-hybridized carbons (Fsp3) is 0.333. The molecule has 1 N–H and O–H groups in total. The first-order valence-electron chi connectivity index (χ1n) is 10.7. The summed E-state index contributed by atoms with van der Waals surface area (Å²) < 4.78 is 24.9. The zero-order valence-electron chi connectivity index (χ0n) is 18.6. The molecule has 9 heteroatoms. The highest BCUT2D eigenvalue weighted by molar-refractivity contribution is 7.99. The van der Waals surface area contributed by atoms with Crippen LogP contribution >= 0.6 is 11.8 Å². The Bertz CT molecular complexity index is 1030. The molecule has 2 aromatic carbocycles. The van der Waals surface area contributed by atoms with E-state index in [1.165, 1.54) is 0 Å². The Hall–Kier alpha value is -3.01. The molecule has 1 fully saturated rings. The summed E-state index contributed by atoms with van der Waals surface area (Å²) in [5.41, 5.74) is 1.62. The lowest BCUT2D eigenvalue weighted by molar-refractivity contribution is -0.184. The van der Waals surface area contributed by atoms with Crippen LogP contribution in [0.25, 0.3) is 0 Å². The SMILES string of the molecule is CCOC(=O)Nc1ccc(SCC2CO[C@](Cn3ccnc3)(c3ccc(OC)cc3)O2)cc1. The average Bonchev–Trinajstić information content (AvgIpc) is 3.50. The molecule has 8 nitrogen and oxygen atoms in total. The highest BCUT2D eigenvalue weighted by Crippen LogP contribution is 2.38. The molecule has 174 valence electrons. The Kier molecular flexibility index (Phi) is 7.54. The molecular weight excluding hydrogens is 442 g/mol. The van der Waals surface area contributed by atoms with Crippen LogP contribution < -0.4 is 10.1 Å². The molecule has 2 atom stereocenters. The van der Waals surface area contributed by atoms with Gasteiger partial charge in [-0.05, 0) is 55.5 Å². The molecule has 1 saturated heterocycles.